The number of aromatic nitrogens is 3. The molecule has 1 aromatic heterocycles. The van der Waals surface area contributed by atoms with Crippen LogP contribution in [0.15, 0.2) is 18.2 Å². The molecule has 0 fully saturated rings. The number of carboxylic acid groups (broad SMARTS) is 1. The topological polar surface area (TPSA) is 68.0 Å². The molecule has 0 saturated carbocycles. The van der Waals surface area contributed by atoms with Gasteiger partial charge in [-0.1, -0.05) is 12.1 Å². The molecule has 0 amide bonds. The van der Waals surface area contributed by atoms with Crippen molar-refractivity contribution in [3.05, 3.63) is 23.8 Å². The maximum Gasteiger partial charge on any atom is 0.335 e. The standard InChI is InChI=1S/C12H15N3O2/c1-4-12(2,3)15-10-7-8(11(16)17)5-6-9(10)13-14-15/h5-7H,4H2,1-3H3,(H,16,17). The van der Waals surface area contributed by atoms with Gasteiger partial charge in [-0.15, -0.1) is 5.10 Å². The molecule has 0 bridgehead atoms. The fourth-order valence-corrected chi connectivity index (χ4v) is 1.65. The van der Waals surface area contributed by atoms with Gasteiger partial charge in [-0.2, -0.15) is 0 Å². The summed E-state index contributed by atoms with van der Waals surface area (Å²) < 4.78 is 1.79. The molecular formula is C12H15N3O2. The molecule has 5 nitrogen and oxygen atoms in total. The highest BCUT2D eigenvalue weighted by atomic mass is 16.4. The lowest BCUT2D eigenvalue weighted by Crippen LogP contribution is -2.26. The number of benzene rings is 1. The lowest BCUT2D eigenvalue weighted by atomic mass is 10.0. The van der Waals surface area contributed by atoms with Gasteiger partial charge in [0.05, 0.1) is 16.6 Å². The lowest BCUT2D eigenvalue weighted by Gasteiger charge is -2.23. The molecule has 2 aromatic rings. The van der Waals surface area contributed by atoms with Crippen molar-refractivity contribution in [1.29, 1.82) is 0 Å². The Kier molecular flexibility index (Phi) is 2.61. The summed E-state index contributed by atoms with van der Waals surface area (Å²) >= 11 is 0. The van der Waals surface area contributed by atoms with Crippen molar-refractivity contribution in [1.82, 2.24) is 15.0 Å². The van der Waals surface area contributed by atoms with Crippen molar-refractivity contribution in [3.8, 4) is 0 Å². The van der Waals surface area contributed by atoms with Crippen LogP contribution in [-0.2, 0) is 5.54 Å². The van der Waals surface area contributed by atoms with Crippen molar-refractivity contribution < 1.29 is 9.90 Å². The second kappa shape index (κ2) is 3.84. The molecule has 0 atom stereocenters. The minimum absolute atomic E-state index is 0.175. The summed E-state index contributed by atoms with van der Waals surface area (Å²) in [7, 11) is 0. The average molecular weight is 233 g/mol. The zero-order valence-electron chi connectivity index (χ0n) is 10.1. The Balaban J connectivity index is 2.66. The van der Waals surface area contributed by atoms with E-state index < -0.39 is 5.97 Å². The number of carboxylic acids is 1. The van der Waals surface area contributed by atoms with E-state index in [0.29, 0.717) is 0 Å². The van der Waals surface area contributed by atoms with E-state index in [9.17, 15) is 4.79 Å². The minimum Gasteiger partial charge on any atom is -0.478 e. The molecule has 0 aliphatic heterocycles. The van der Waals surface area contributed by atoms with Gasteiger partial charge in [0.2, 0.25) is 0 Å². The number of nitrogens with zero attached hydrogens (tertiary/aromatic N) is 3. The summed E-state index contributed by atoms with van der Waals surface area (Å²) in [6.07, 6.45) is 0.892. The zero-order valence-corrected chi connectivity index (χ0v) is 10.1. The van der Waals surface area contributed by atoms with Crippen LogP contribution in [-0.4, -0.2) is 26.1 Å². The molecular weight excluding hydrogens is 218 g/mol. The summed E-state index contributed by atoms with van der Waals surface area (Å²) in [5.74, 6) is -0.936. The molecule has 90 valence electrons. The van der Waals surface area contributed by atoms with Gasteiger partial charge in [0.15, 0.2) is 0 Å². The molecule has 17 heavy (non-hydrogen) atoms. The number of hydrogen-bond acceptors (Lipinski definition) is 3. The Morgan fingerprint density at radius 3 is 2.76 bits per heavy atom. The number of fused-ring (bicyclic) bond motifs is 1. The van der Waals surface area contributed by atoms with Crippen molar-refractivity contribution in [2.24, 2.45) is 0 Å². The molecule has 1 N–H and O–H groups in total. The number of hydrogen-bond donors (Lipinski definition) is 1. The van der Waals surface area contributed by atoms with Crippen molar-refractivity contribution in [3.63, 3.8) is 0 Å². The first-order valence-electron chi connectivity index (χ1n) is 5.55. The highest BCUT2D eigenvalue weighted by molar-refractivity contribution is 5.92. The van der Waals surface area contributed by atoms with Crippen LogP contribution in [0.1, 0.15) is 37.6 Å². The van der Waals surface area contributed by atoms with Crippen molar-refractivity contribution in [2.75, 3.05) is 0 Å². The van der Waals surface area contributed by atoms with E-state index in [1.54, 1.807) is 22.9 Å². The predicted molar refractivity (Wildman–Crippen MR) is 64.1 cm³/mol. The van der Waals surface area contributed by atoms with E-state index in [4.69, 9.17) is 5.11 Å². The van der Waals surface area contributed by atoms with Gasteiger partial charge in [-0.3, -0.25) is 0 Å². The van der Waals surface area contributed by atoms with Crippen LogP contribution in [0.5, 0.6) is 0 Å². The summed E-state index contributed by atoms with van der Waals surface area (Å²) in [5, 5.41) is 17.1. The summed E-state index contributed by atoms with van der Waals surface area (Å²) in [4.78, 5) is 10.9. The van der Waals surface area contributed by atoms with E-state index in [0.717, 1.165) is 17.5 Å². The zero-order chi connectivity index (χ0) is 12.6. The molecule has 0 spiro atoms. The molecule has 1 heterocycles. The molecule has 2 rings (SSSR count). The Labute approximate surface area is 99.1 Å². The maximum atomic E-state index is 10.9. The van der Waals surface area contributed by atoms with Crippen LogP contribution in [0, 0.1) is 0 Å². The van der Waals surface area contributed by atoms with E-state index in [2.05, 4.69) is 31.1 Å². The number of carbonyl (C=O) groups is 1. The summed E-state index contributed by atoms with van der Waals surface area (Å²) in [5.41, 5.74) is 1.56. The monoisotopic (exact) mass is 233 g/mol. The maximum absolute atomic E-state index is 10.9. The van der Waals surface area contributed by atoms with Gasteiger partial charge < -0.3 is 5.11 Å². The molecule has 1 aromatic carbocycles. The number of rotatable bonds is 3. The first-order chi connectivity index (χ1) is 7.95. The van der Waals surface area contributed by atoms with Gasteiger partial charge in [0.1, 0.15) is 5.52 Å². The first-order valence-corrected chi connectivity index (χ1v) is 5.55. The van der Waals surface area contributed by atoms with Crippen molar-refractivity contribution >= 4 is 17.0 Å². The average Bonchev–Trinajstić information content (AvgIpc) is 2.72. The van der Waals surface area contributed by atoms with Crippen LogP contribution >= 0.6 is 0 Å². The van der Waals surface area contributed by atoms with Crippen LogP contribution in [0.25, 0.3) is 11.0 Å². The Morgan fingerprint density at radius 2 is 2.18 bits per heavy atom. The van der Waals surface area contributed by atoms with Crippen LogP contribution in [0.4, 0.5) is 0 Å². The highest BCUT2D eigenvalue weighted by Crippen LogP contribution is 2.24. The smallest absolute Gasteiger partial charge is 0.335 e. The van der Waals surface area contributed by atoms with Gasteiger partial charge in [-0.05, 0) is 38.5 Å². The Bertz CT molecular complexity index is 572. The fourth-order valence-electron chi connectivity index (χ4n) is 1.65. The van der Waals surface area contributed by atoms with E-state index >= 15 is 0 Å². The second-order valence-electron chi connectivity index (χ2n) is 4.68. The highest BCUT2D eigenvalue weighted by Gasteiger charge is 2.22. The Hall–Kier alpha value is -1.91. The lowest BCUT2D eigenvalue weighted by molar-refractivity contribution is 0.0697. The quantitative estimate of drug-likeness (QED) is 0.883. The Morgan fingerprint density at radius 1 is 1.47 bits per heavy atom. The molecule has 0 unspecified atom stereocenters. The first kappa shape index (κ1) is 11.6. The fraction of sp³-hybridized carbons (Fsp3) is 0.417. The van der Waals surface area contributed by atoms with Gasteiger partial charge >= 0.3 is 5.97 Å². The molecule has 0 aliphatic carbocycles. The van der Waals surface area contributed by atoms with Crippen LogP contribution < -0.4 is 0 Å². The normalized spacial score (nSPS) is 11.9. The van der Waals surface area contributed by atoms with Crippen LogP contribution in [0.3, 0.4) is 0 Å². The summed E-state index contributed by atoms with van der Waals surface area (Å²) in [6.45, 7) is 6.16. The third-order valence-corrected chi connectivity index (χ3v) is 3.13. The SMILES string of the molecule is CCC(C)(C)n1nnc2ccc(C(=O)O)cc21. The number of aromatic carboxylic acids is 1. The van der Waals surface area contributed by atoms with Crippen LogP contribution in [0.2, 0.25) is 0 Å². The van der Waals surface area contributed by atoms with Crippen molar-refractivity contribution in [2.45, 2.75) is 32.7 Å². The second-order valence-corrected chi connectivity index (χ2v) is 4.68. The molecule has 0 saturated heterocycles. The third-order valence-electron chi connectivity index (χ3n) is 3.13. The van der Waals surface area contributed by atoms with E-state index in [1.165, 1.54) is 0 Å². The molecule has 5 heteroatoms. The van der Waals surface area contributed by atoms with E-state index in [1.807, 2.05) is 0 Å². The van der Waals surface area contributed by atoms with Gasteiger partial charge in [0.25, 0.3) is 0 Å². The van der Waals surface area contributed by atoms with E-state index in [-0.39, 0.29) is 11.1 Å². The summed E-state index contributed by atoms with van der Waals surface area (Å²) in [6, 6.07) is 4.85. The van der Waals surface area contributed by atoms with Gasteiger partial charge in [0, 0.05) is 0 Å². The molecule has 0 aliphatic rings. The van der Waals surface area contributed by atoms with Gasteiger partial charge in [-0.25, -0.2) is 9.48 Å². The minimum atomic E-state index is -0.936. The molecule has 0 radical (unpaired) electrons. The largest absolute Gasteiger partial charge is 0.478 e. The predicted octanol–water partition coefficient (Wildman–Crippen LogP) is 2.27. The third kappa shape index (κ3) is 1.88.